The molecule has 0 spiro atoms. The van der Waals surface area contributed by atoms with Gasteiger partial charge in [0.1, 0.15) is 5.75 Å². The molecule has 3 heterocycles. The van der Waals surface area contributed by atoms with Gasteiger partial charge in [-0.15, -0.1) is 0 Å². The molecule has 2 aromatic carbocycles. The van der Waals surface area contributed by atoms with Gasteiger partial charge in [0.2, 0.25) is 0 Å². The Balaban J connectivity index is 1.41. The van der Waals surface area contributed by atoms with E-state index in [1.807, 2.05) is 18.3 Å². The molecule has 0 unspecified atom stereocenters. The number of nitrogens with zero attached hydrogens (tertiary/aromatic N) is 3. The minimum atomic E-state index is -0.0861. The zero-order valence-electron chi connectivity index (χ0n) is 21.6. The van der Waals surface area contributed by atoms with E-state index in [-0.39, 0.29) is 12.1 Å². The second-order valence-corrected chi connectivity index (χ2v) is 11.5. The number of benzene rings is 2. The number of hydrogen-bond acceptors (Lipinski definition) is 3. The van der Waals surface area contributed by atoms with Crippen LogP contribution in [0.5, 0.6) is 5.75 Å². The van der Waals surface area contributed by atoms with Gasteiger partial charge < -0.3 is 19.5 Å². The first kappa shape index (κ1) is 25.1. The number of hydrogen-bond donors (Lipinski definition) is 1. The maximum absolute atomic E-state index is 6.23. The summed E-state index contributed by atoms with van der Waals surface area (Å²) in [5.74, 6) is 0.921. The van der Waals surface area contributed by atoms with E-state index < -0.39 is 0 Å². The average molecular weight is 588 g/mol. The molecule has 1 aliphatic carbocycles. The Bertz CT molecular complexity index is 1430. The van der Waals surface area contributed by atoms with Gasteiger partial charge in [-0.25, -0.2) is 0 Å². The zero-order chi connectivity index (χ0) is 26.2. The van der Waals surface area contributed by atoms with Crippen LogP contribution in [0, 0.1) is 13.8 Å². The van der Waals surface area contributed by atoms with Crippen LogP contribution in [0.3, 0.4) is 0 Å². The molecule has 2 aliphatic rings. The zero-order valence-corrected chi connectivity index (χ0v) is 24.0. The summed E-state index contributed by atoms with van der Waals surface area (Å²) in [6.07, 6.45) is 6.98. The van der Waals surface area contributed by atoms with Crippen LogP contribution in [0.1, 0.15) is 60.4 Å². The fourth-order valence-corrected chi connectivity index (χ4v) is 6.52. The Hall–Kier alpha value is -3.16. The molecule has 38 heavy (non-hydrogen) atoms. The number of rotatable bonds is 6. The third kappa shape index (κ3) is 4.74. The number of thiocarbonyl (C=S) groups is 1. The summed E-state index contributed by atoms with van der Waals surface area (Å²) in [7, 11) is 0. The number of aromatic nitrogens is 2. The Kier molecular flexibility index (Phi) is 6.97. The minimum Gasteiger partial charge on any atom is -0.490 e. The minimum absolute atomic E-state index is 0.0607. The van der Waals surface area contributed by atoms with Crippen molar-refractivity contribution in [1.29, 1.82) is 0 Å². The van der Waals surface area contributed by atoms with Crippen molar-refractivity contribution < 1.29 is 4.74 Å². The molecule has 1 aliphatic heterocycles. The molecule has 1 saturated carbocycles. The van der Waals surface area contributed by atoms with Gasteiger partial charge in [0, 0.05) is 33.4 Å². The van der Waals surface area contributed by atoms with E-state index in [0.717, 1.165) is 40.1 Å². The number of anilines is 1. The molecule has 194 valence electrons. The van der Waals surface area contributed by atoms with Gasteiger partial charge in [0.05, 0.1) is 23.9 Å². The fourth-order valence-electron chi connectivity index (χ4n) is 5.91. The smallest absolute Gasteiger partial charge is 0.174 e. The topological polar surface area (TPSA) is 42.3 Å². The highest BCUT2D eigenvalue weighted by Gasteiger charge is 2.42. The van der Waals surface area contributed by atoms with Crippen molar-refractivity contribution in [1.82, 2.24) is 14.9 Å². The van der Waals surface area contributed by atoms with E-state index in [9.17, 15) is 0 Å². The Labute approximate surface area is 238 Å². The van der Waals surface area contributed by atoms with Crippen molar-refractivity contribution in [2.75, 3.05) is 4.90 Å². The monoisotopic (exact) mass is 586 g/mol. The quantitative estimate of drug-likeness (QED) is 0.234. The van der Waals surface area contributed by atoms with E-state index in [0.29, 0.717) is 11.2 Å². The van der Waals surface area contributed by atoms with Crippen molar-refractivity contribution in [3.8, 4) is 11.4 Å². The number of ether oxygens (including phenoxy) is 1. The molecule has 2 atom stereocenters. The van der Waals surface area contributed by atoms with Crippen molar-refractivity contribution in [2.45, 2.75) is 57.7 Å². The molecular weight excluding hydrogens is 556 g/mol. The highest BCUT2D eigenvalue weighted by molar-refractivity contribution is 9.10. The SMILES string of the molecule is Cc1cc([C@H]2[C@@H](c3ccccn3)NC(=S)N2c2ccc(OC3CCCC3)cc2)c(C)n1-c1ccc(Br)cc1. The molecule has 6 rings (SSSR count). The summed E-state index contributed by atoms with van der Waals surface area (Å²) in [6.45, 7) is 4.35. The van der Waals surface area contributed by atoms with E-state index in [1.54, 1.807) is 0 Å². The first-order chi connectivity index (χ1) is 18.5. The van der Waals surface area contributed by atoms with Gasteiger partial charge in [-0.1, -0.05) is 22.0 Å². The molecule has 1 N–H and O–H groups in total. The Morgan fingerprint density at radius 2 is 1.66 bits per heavy atom. The number of pyridine rings is 1. The second kappa shape index (κ2) is 10.5. The molecule has 2 aromatic heterocycles. The highest BCUT2D eigenvalue weighted by atomic mass is 79.9. The van der Waals surface area contributed by atoms with Gasteiger partial charge in [-0.3, -0.25) is 4.98 Å². The van der Waals surface area contributed by atoms with Crippen LogP contribution in [0.15, 0.2) is 83.5 Å². The van der Waals surface area contributed by atoms with Gasteiger partial charge in [-0.05, 0) is 124 Å². The molecule has 5 nitrogen and oxygen atoms in total. The van der Waals surface area contributed by atoms with Crippen LogP contribution in [0.25, 0.3) is 5.69 Å². The molecule has 1 saturated heterocycles. The summed E-state index contributed by atoms with van der Waals surface area (Å²) in [6, 6.07) is 25.0. The first-order valence-electron chi connectivity index (χ1n) is 13.2. The highest BCUT2D eigenvalue weighted by Crippen LogP contribution is 2.44. The van der Waals surface area contributed by atoms with Crippen LogP contribution in [-0.2, 0) is 0 Å². The Morgan fingerprint density at radius 3 is 2.34 bits per heavy atom. The lowest BCUT2D eigenvalue weighted by Gasteiger charge is -2.28. The maximum Gasteiger partial charge on any atom is 0.174 e. The maximum atomic E-state index is 6.23. The Morgan fingerprint density at radius 1 is 0.947 bits per heavy atom. The summed E-state index contributed by atoms with van der Waals surface area (Å²) < 4.78 is 9.61. The van der Waals surface area contributed by atoms with Gasteiger partial charge in [-0.2, -0.15) is 0 Å². The number of halogens is 1. The van der Waals surface area contributed by atoms with E-state index in [2.05, 4.69) is 105 Å². The summed E-state index contributed by atoms with van der Waals surface area (Å²) in [5, 5.41) is 4.29. The van der Waals surface area contributed by atoms with Gasteiger partial charge >= 0.3 is 0 Å². The molecule has 0 radical (unpaired) electrons. The van der Waals surface area contributed by atoms with Crippen LogP contribution in [0.4, 0.5) is 5.69 Å². The predicted molar refractivity (Wildman–Crippen MR) is 160 cm³/mol. The van der Waals surface area contributed by atoms with E-state index in [4.69, 9.17) is 21.9 Å². The van der Waals surface area contributed by atoms with Crippen LogP contribution < -0.4 is 15.0 Å². The van der Waals surface area contributed by atoms with E-state index in [1.165, 1.54) is 29.8 Å². The van der Waals surface area contributed by atoms with Crippen molar-refractivity contribution >= 4 is 38.9 Å². The van der Waals surface area contributed by atoms with Gasteiger partial charge in [0.25, 0.3) is 0 Å². The lowest BCUT2D eigenvalue weighted by Crippen LogP contribution is -2.29. The van der Waals surface area contributed by atoms with Crippen LogP contribution in [-0.4, -0.2) is 20.8 Å². The molecule has 0 bridgehead atoms. The summed E-state index contributed by atoms with van der Waals surface area (Å²) in [5.41, 5.74) is 6.73. The van der Waals surface area contributed by atoms with Crippen molar-refractivity contribution in [3.63, 3.8) is 0 Å². The predicted octanol–water partition coefficient (Wildman–Crippen LogP) is 7.75. The van der Waals surface area contributed by atoms with Crippen molar-refractivity contribution in [3.05, 3.63) is 106 Å². The molecular formula is C31H31BrN4OS. The molecule has 2 fully saturated rings. The standard InChI is InChI=1S/C31H31BrN4OS/c1-20-19-27(21(2)35(20)23-12-10-22(32)11-13-23)30-29(28-9-5-6-18-33-28)34-31(38)36(30)24-14-16-26(17-15-24)37-25-7-3-4-8-25/h5-6,9-19,25,29-30H,3-4,7-8H2,1-2H3,(H,34,38)/t29-,30+/m1/s1. The van der Waals surface area contributed by atoms with E-state index >= 15 is 0 Å². The number of nitrogens with one attached hydrogen (secondary N) is 1. The normalized spacial score (nSPS) is 19.7. The third-order valence-electron chi connectivity index (χ3n) is 7.69. The largest absolute Gasteiger partial charge is 0.490 e. The molecule has 7 heteroatoms. The second-order valence-electron chi connectivity index (χ2n) is 10.2. The molecule has 4 aromatic rings. The fraction of sp³-hybridized carbons (Fsp3) is 0.290. The van der Waals surface area contributed by atoms with Gasteiger partial charge in [0.15, 0.2) is 5.11 Å². The lowest BCUT2D eigenvalue weighted by atomic mass is 9.96. The summed E-state index contributed by atoms with van der Waals surface area (Å²) in [4.78, 5) is 6.95. The van der Waals surface area contributed by atoms with Crippen LogP contribution >= 0.6 is 28.1 Å². The molecule has 0 amide bonds. The number of aryl methyl sites for hydroxylation is 1. The van der Waals surface area contributed by atoms with Crippen molar-refractivity contribution in [2.24, 2.45) is 0 Å². The average Bonchev–Trinajstić information content (AvgIpc) is 3.64. The third-order valence-corrected chi connectivity index (χ3v) is 8.53. The lowest BCUT2D eigenvalue weighted by molar-refractivity contribution is 0.210. The first-order valence-corrected chi connectivity index (χ1v) is 14.4. The van der Waals surface area contributed by atoms with Crippen LogP contribution in [0.2, 0.25) is 0 Å². The summed E-state index contributed by atoms with van der Waals surface area (Å²) >= 11 is 9.52.